The van der Waals surface area contributed by atoms with E-state index < -0.39 is 0 Å². The fraction of sp³-hybridized carbons (Fsp3) is 0.550. The molecule has 1 fully saturated rings. The van der Waals surface area contributed by atoms with E-state index in [2.05, 4.69) is 5.10 Å². The van der Waals surface area contributed by atoms with Crippen molar-refractivity contribution in [1.29, 1.82) is 0 Å². The zero-order valence-electron chi connectivity index (χ0n) is 15.8. The van der Waals surface area contributed by atoms with Crippen LogP contribution in [0.2, 0.25) is 0 Å². The molecule has 1 unspecified atom stereocenters. The molecule has 1 atom stereocenters. The predicted octanol–water partition coefficient (Wildman–Crippen LogP) is 2.81. The van der Waals surface area contributed by atoms with Gasteiger partial charge in [-0.2, -0.15) is 5.10 Å². The molecule has 26 heavy (non-hydrogen) atoms. The van der Waals surface area contributed by atoms with Crippen LogP contribution >= 0.6 is 0 Å². The van der Waals surface area contributed by atoms with Crippen LogP contribution in [-0.2, 0) is 14.3 Å². The van der Waals surface area contributed by atoms with Crippen molar-refractivity contribution in [3.05, 3.63) is 29.3 Å². The van der Waals surface area contributed by atoms with Crippen LogP contribution in [-0.4, -0.2) is 48.2 Å². The lowest BCUT2D eigenvalue weighted by Gasteiger charge is -2.28. The van der Waals surface area contributed by atoms with Gasteiger partial charge in [0, 0.05) is 32.5 Å². The number of hydrazone groups is 1. The average molecular weight is 357 g/mol. The Morgan fingerprint density at radius 3 is 2.85 bits per heavy atom. The summed E-state index contributed by atoms with van der Waals surface area (Å²) < 4.78 is 5.66. The number of rotatable bonds is 5. The highest BCUT2D eigenvalue weighted by Gasteiger charge is 2.30. The first-order chi connectivity index (χ1) is 12.5. The van der Waals surface area contributed by atoms with Gasteiger partial charge in [0.25, 0.3) is 5.91 Å². The Bertz CT molecular complexity index is 723. The van der Waals surface area contributed by atoms with Crippen molar-refractivity contribution in [1.82, 2.24) is 4.90 Å². The van der Waals surface area contributed by atoms with Crippen molar-refractivity contribution in [2.24, 2.45) is 5.10 Å². The lowest BCUT2D eigenvalue weighted by atomic mass is 10.1. The Morgan fingerprint density at radius 1 is 1.35 bits per heavy atom. The number of nitrogens with zero attached hydrogens (tertiary/aromatic N) is 3. The summed E-state index contributed by atoms with van der Waals surface area (Å²) in [6.07, 6.45) is 2.84. The molecule has 6 heteroatoms. The van der Waals surface area contributed by atoms with Gasteiger partial charge in [-0.25, -0.2) is 5.01 Å². The molecule has 0 radical (unpaired) electrons. The number of anilines is 1. The van der Waals surface area contributed by atoms with Gasteiger partial charge in [0.15, 0.2) is 0 Å². The fourth-order valence-electron chi connectivity index (χ4n) is 3.42. The molecule has 0 N–H and O–H groups in total. The molecule has 0 saturated carbocycles. The molecule has 1 saturated heterocycles. The van der Waals surface area contributed by atoms with Crippen LogP contribution in [0.25, 0.3) is 0 Å². The molecule has 2 amide bonds. The van der Waals surface area contributed by atoms with E-state index in [1.165, 1.54) is 5.01 Å². The van der Waals surface area contributed by atoms with E-state index in [0.29, 0.717) is 31.6 Å². The van der Waals surface area contributed by atoms with Crippen LogP contribution in [0.4, 0.5) is 5.69 Å². The maximum Gasteiger partial charge on any atom is 0.270 e. The largest absolute Gasteiger partial charge is 0.376 e. The van der Waals surface area contributed by atoms with Gasteiger partial charge in [-0.1, -0.05) is 12.1 Å². The van der Waals surface area contributed by atoms with Gasteiger partial charge < -0.3 is 9.64 Å². The van der Waals surface area contributed by atoms with Crippen molar-refractivity contribution >= 4 is 23.2 Å². The highest BCUT2D eigenvalue weighted by atomic mass is 16.5. The van der Waals surface area contributed by atoms with Crippen LogP contribution in [0.15, 0.2) is 23.3 Å². The second kappa shape index (κ2) is 7.99. The van der Waals surface area contributed by atoms with E-state index in [4.69, 9.17) is 4.74 Å². The number of amides is 2. The van der Waals surface area contributed by atoms with Gasteiger partial charge in [0.2, 0.25) is 5.91 Å². The van der Waals surface area contributed by atoms with E-state index in [9.17, 15) is 9.59 Å². The summed E-state index contributed by atoms with van der Waals surface area (Å²) in [5, 5.41) is 5.85. The van der Waals surface area contributed by atoms with Gasteiger partial charge in [0.05, 0.1) is 11.8 Å². The molecule has 0 aromatic heterocycles. The normalized spacial score (nSPS) is 20.3. The highest BCUT2D eigenvalue weighted by Crippen LogP contribution is 2.26. The molecule has 140 valence electrons. The minimum atomic E-state index is -0.0918. The van der Waals surface area contributed by atoms with E-state index in [1.54, 1.807) is 4.90 Å². The Kier molecular flexibility index (Phi) is 5.71. The van der Waals surface area contributed by atoms with E-state index in [-0.39, 0.29) is 17.9 Å². The maximum atomic E-state index is 13.0. The first kappa shape index (κ1) is 18.6. The van der Waals surface area contributed by atoms with Gasteiger partial charge in [-0.3, -0.25) is 9.59 Å². The molecule has 0 bridgehead atoms. The van der Waals surface area contributed by atoms with Crippen LogP contribution in [0.1, 0.15) is 43.7 Å². The summed E-state index contributed by atoms with van der Waals surface area (Å²) in [5.41, 5.74) is 3.22. The number of benzene rings is 1. The molecule has 6 nitrogen and oxygen atoms in total. The standard InChI is InChI=1S/C20H27N3O3/c1-4-22(13-16-6-5-11-26-16)20(25)17-9-10-19(24)23(21-17)18-12-14(2)7-8-15(18)3/h7-8,12,16H,4-6,9-11,13H2,1-3H3. The second-order valence-corrected chi connectivity index (χ2v) is 7.02. The summed E-state index contributed by atoms with van der Waals surface area (Å²) in [6, 6.07) is 5.91. The van der Waals surface area contributed by atoms with Gasteiger partial charge in [0.1, 0.15) is 5.71 Å². The van der Waals surface area contributed by atoms with Gasteiger partial charge >= 0.3 is 0 Å². The SMILES string of the molecule is CCN(CC1CCCO1)C(=O)C1=NN(c2cc(C)ccc2C)C(=O)CC1. The summed E-state index contributed by atoms with van der Waals surface area (Å²) in [5.74, 6) is -0.164. The van der Waals surface area contributed by atoms with Crippen molar-refractivity contribution < 1.29 is 14.3 Å². The number of hydrogen-bond donors (Lipinski definition) is 0. The Morgan fingerprint density at radius 2 is 2.15 bits per heavy atom. The third-order valence-corrected chi connectivity index (χ3v) is 4.99. The molecular formula is C20H27N3O3. The molecular weight excluding hydrogens is 330 g/mol. The smallest absolute Gasteiger partial charge is 0.270 e. The zero-order valence-corrected chi connectivity index (χ0v) is 15.8. The second-order valence-electron chi connectivity index (χ2n) is 7.02. The molecule has 1 aromatic rings. The first-order valence-electron chi connectivity index (χ1n) is 9.38. The number of carbonyl (C=O) groups excluding carboxylic acids is 2. The highest BCUT2D eigenvalue weighted by molar-refractivity contribution is 6.40. The van der Waals surface area contributed by atoms with Crippen LogP contribution in [0.5, 0.6) is 0 Å². The quantitative estimate of drug-likeness (QED) is 0.814. The third kappa shape index (κ3) is 3.96. The number of likely N-dealkylation sites (N-methyl/N-ethyl adjacent to an activating group) is 1. The van der Waals surface area contributed by atoms with Crippen molar-refractivity contribution in [2.75, 3.05) is 24.7 Å². The summed E-state index contributed by atoms with van der Waals surface area (Å²) in [4.78, 5) is 27.2. The van der Waals surface area contributed by atoms with E-state index in [0.717, 1.165) is 36.3 Å². The van der Waals surface area contributed by atoms with Crippen molar-refractivity contribution in [3.63, 3.8) is 0 Å². The lowest BCUT2D eigenvalue weighted by molar-refractivity contribution is -0.125. The lowest BCUT2D eigenvalue weighted by Crippen LogP contribution is -2.44. The summed E-state index contributed by atoms with van der Waals surface area (Å²) in [7, 11) is 0. The number of carbonyl (C=O) groups is 2. The monoisotopic (exact) mass is 357 g/mol. The van der Waals surface area contributed by atoms with E-state index in [1.807, 2.05) is 39.0 Å². The molecule has 3 rings (SSSR count). The van der Waals surface area contributed by atoms with Gasteiger partial charge in [-0.05, 0) is 50.8 Å². The molecule has 1 aromatic carbocycles. The third-order valence-electron chi connectivity index (χ3n) is 4.99. The topological polar surface area (TPSA) is 62.2 Å². The summed E-state index contributed by atoms with van der Waals surface area (Å²) in [6.45, 7) is 7.86. The molecule has 2 heterocycles. The minimum absolute atomic E-state index is 0.0718. The number of ether oxygens (including phenoxy) is 1. The fourth-order valence-corrected chi connectivity index (χ4v) is 3.42. The molecule has 2 aliphatic rings. The van der Waals surface area contributed by atoms with E-state index >= 15 is 0 Å². The average Bonchev–Trinajstić information content (AvgIpc) is 3.15. The van der Waals surface area contributed by atoms with Crippen molar-refractivity contribution in [2.45, 2.75) is 52.6 Å². The Balaban J connectivity index is 1.82. The predicted molar refractivity (Wildman–Crippen MR) is 101 cm³/mol. The molecule has 0 aliphatic carbocycles. The number of aryl methyl sites for hydroxylation is 2. The Hall–Kier alpha value is -2.21. The molecule has 2 aliphatic heterocycles. The zero-order chi connectivity index (χ0) is 18.7. The van der Waals surface area contributed by atoms with Gasteiger partial charge in [-0.15, -0.1) is 0 Å². The summed E-state index contributed by atoms with van der Waals surface area (Å²) >= 11 is 0. The Labute approximate surface area is 154 Å². The van der Waals surface area contributed by atoms with Crippen molar-refractivity contribution in [3.8, 4) is 0 Å². The van der Waals surface area contributed by atoms with Crippen LogP contribution in [0.3, 0.4) is 0 Å². The maximum absolute atomic E-state index is 13.0. The number of hydrogen-bond acceptors (Lipinski definition) is 4. The van der Waals surface area contributed by atoms with Crippen LogP contribution < -0.4 is 5.01 Å². The first-order valence-corrected chi connectivity index (χ1v) is 9.38. The van der Waals surface area contributed by atoms with Crippen LogP contribution in [0, 0.1) is 13.8 Å². The molecule has 0 spiro atoms. The minimum Gasteiger partial charge on any atom is -0.376 e.